The van der Waals surface area contributed by atoms with Crippen molar-refractivity contribution in [3.05, 3.63) is 83.7 Å². The van der Waals surface area contributed by atoms with Crippen molar-refractivity contribution >= 4 is 17.5 Å². The lowest BCUT2D eigenvalue weighted by molar-refractivity contribution is -0.121. The van der Waals surface area contributed by atoms with Gasteiger partial charge in [-0.15, -0.1) is 0 Å². The Bertz CT molecular complexity index is 1010. The number of hydrogen-bond donors (Lipinski definition) is 1. The van der Waals surface area contributed by atoms with Gasteiger partial charge in [0.15, 0.2) is 6.04 Å². The number of benzene rings is 2. The minimum atomic E-state index is -0.825. The van der Waals surface area contributed by atoms with E-state index in [1.54, 1.807) is 47.1 Å². The van der Waals surface area contributed by atoms with Crippen molar-refractivity contribution in [3.63, 3.8) is 0 Å². The molecule has 0 radical (unpaired) electrons. The van der Waals surface area contributed by atoms with Crippen LogP contribution in [0.2, 0.25) is 0 Å². The van der Waals surface area contributed by atoms with E-state index < -0.39 is 6.04 Å². The smallest absolute Gasteiger partial charge is 0.254 e. The van der Waals surface area contributed by atoms with Crippen molar-refractivity contribution in [1.82, 2.24) is 14.5 Å². The number of hydrogen-bond acceptors (Lipinski definition) is 3. The Morgan fingerprint density at radius 1 is 1.11 bits per heavy atom. The van der Waals surface area contributed by atoms with E-state index in [2.05, 4.69) is 10.3 Å². The summed E-state index contributed by atoms with van der Waals surface area (Å²) in [6, 6.07) is 13.6. The fourth-order valence-electron chi connectivity index (χ4n) is 3.51. The first-order valence-corrected chi connectivity index (χ1v) is 8.97. The van der Waals surface area contributed by atoms with Crippen molar-refractivity contribution in [1.29, 1.82) is 0 Å². The van der Waals surface area contributed by atoms with Gasteiger partial charge in [-0.25, -0.2) is 9.37 Å². The van der Waals surface area contributed by atoms with Crippen LogP contribution in [0.1, 0.15) is 27.8 Å². The molecule has 2 aromatic carbocycles. The number of carbonyl (C=O) groups is 2. The number of nitrogens with one attached hydrogen (secondary N) is 1. The molecule has 1 aromatic heterocycles. The van der Waals surface area contributed by atoms with Crippen LogP contribution >= 0.6 is 0 Å². The molecule has 1 aliphatic rings. The van der Waals surface area contributed by atoms with Crippen LogP contribution < -0.4 is 5.32 Å². The fourth-order valence-corrected chi connectivity index (χ4v) is 3.51. The van der Waals surface area contributed by atoms with Crippen LogP contribution in [0.15, 0.2) is 60.9 Å². The molecule has 1 N–H and O–H groups in total. The van der Waals surface area contributed by atoms with E-state index >= 15 is 0 Å². The average molecular weight is 378 g/mol. The van der Waals surface area contributed by atoms with Gasteiger partial charge < -0.3 is 14.8 Å². The van der Waals surface area contributed by atoms with E-state index in [1.807, 2.05) is 6.07 Å². The third kappa shape index (κ3) is 3.26. The number of rotatable bonds is 3. The molecule has 0 spiro atoms. The highest BCUT2D eigenvalue weighted by Crippen LogP contribution is 2.31. The molecule has 0 fully saturated rings. The molecule has 2 heterocycles. The molecule has 2 amide bonds. The number of amides is 2. The molecule has 0 unspecified atom stereocenters. The van der Waals surface area contributed by atoms with Crippen LogP contribution in [0.5, 0.6) is 0 Å². The van der Waals surface area contributed by atoms with E-state index in [4.69, 9.17) is 0 Å². The summed E-state index contributed by atoms with van der Waals surface area (Å²) >= 11 is 0. The number of anilines is 1. The van der Waals surface area contributed by atoms with Crippen molar-refractivity contribution in [3.8, 4) is 0 Å². The van der Waals surface area contributed by atoms with Crippen LogP contribution in [-0.4, -0.2) is 32.8 Å². The topological polar surface area (TPSA) is 67.2 Å². The molecule has 3 aromatic rings. The van der Waals surface area contributed by atoms with Crippen molar-refractivity contribution in [2.24, 2.45) is 7.05 Å². The monoisotopic (exact) mass is 378 g/mol. The van der Waals surface area contributed by atoms with E-state index in [0.29, 0.717) is 29.9 Å². The lowest BCUT2D eigenvalue weighted by Gasteiger charge is -2.35. The van der Waals surface area contributed by atoms with Gasteiger partial charge in [0.2, 0.25) is 0 Å². The molecule has 7 heteroatoms. The van der Waals surface area contributed by atoms with E-state index in [1.165, 1.54) is 24.3 Å². The first-order chi connectivity index (χ1) is 13.5. The number of aromatic nitrogens is 2. The van der Waals surface area contributed by atoms with Gasteiger partial charge in [-0.2, -0.15) is 0 Å². The summed E-state index contributed by atoms with van der Waals surface area (Å²) in [6.45, 7) is 0.388. The lowest BCUT2D eigenvalue weighted by atomic mass is 10.00. The van der Waals surface area contributed by atoms with Gasteiger partial charge in [-0.1, -0.05) is 18.2 Å². The van der Waals surface area contributed by atoms with Crippen LogP contribution in [0.4, 0.5) is 10.1 Å². The minimum absolute atomic E-state index is 0.216. The second-order valence-electron chi connectivity index (χ2n) is 6.70. The van der Waals surface area contributed by atoms with Crippen LogP contribution in [0.25, 0.3) is 0 Å². The number of aryl methyl sites for hydroxylation is 1. The number of imidazole rings is 1. The lowest BCUT2D eigenvalue weighted by Crippen LogP contribution is -2.46. The largest absolute Gasteiger partial charge is 0.335 e. The predicted octanol–water partition coefficient (Wildman–Crippen LogP) is 2.94. The van der Waals surface area contributed by atoms with Gasteiger partial charge in [0.1, 0.15) is 5.82 Å². The normalized spacial score (nSPS) is 15.8. The Balaban J connectivity index is 1.70. The molecule has 142 valence electrons. The molecule has 0 bridgehead atoms. The maximum atomic E-state index is 13.2. The molecule has 1 atom stereocenters. The summed E-state index contributed by atoms with van der Waals surface area (Å²) in [6.07, 6.45) is 2.23. The predicted molar refractivity (Wildman–Crippen MR) is 102 cm³/mol. The summed E-state index contributed by atoms with van der Waals surface area (Å²) in [5, 5.41) is 2.79. The second kappa shape index (κ2) is 7.26. The average Bonchev–Trinajstić information content (AvgIpc) is 3.10. The summed E-state index contributed by atoms with van der Waals surface area (Å²) < 4.78 is 14.9. The Kier molecular flexibility index (Phi) is 4.65. The van der Waals surface area contributed by atoms with Gasteiger partial charge in [-0.3, -0.25) is 9.59 Å². The minimum Gasteiger partial charge on any atom is -0.335 e. The van der Waals surface area contributed by atoms with E-state index in [-0.39, 0.29) is 17.6 Å². The third-order valence-electron chi connectivity index (χ3n) is 4.86. The SMILES string of the molecule is Cn1cnc2c1[C@H](C(=O)Nc1ccc(F)cc1)N(C(=O)c1ccccc1)CC2. The number of nitrogens with zero attached hydrogens (tertiary/aromatic N) is 3. The van der Waals surface area contributed by atoms with E-state index in [0.717, 1.165) is 5.69 Å². The van der Waals surface area contributed by atoms with Crippen molar-refractivity contribution < 1.29 is 14.0 Å². The summed E-state index contributed by atoms with van der Waals surface area (Å²) in [7, 11) is 1.81. The highest BCUT2D eigenvalue weighted by molar-refractivity contribution is 6.01. The van der Waals surface area contributed by atoms with Gasteiger partial charge in [0.25, 0.3) is 11.8 Å². The molecule has 0 aliphatic carbocycles. The first-order valence-electron chi connectivity index (χ1n) is 8.97. The number of fused-ring (bicyclic) bond motifs is 1. The van der Waals surface area contributed by atoms with Gasteiger partial charge in [0, 0.05) is 31.3 Å². The van der Waals surface area contributed by atoms with Gasteiger partial charge in [-0.05, 0) is 36.4 Å². The highest BCUT2D eigenvalue weighted by atomic mass is 19.1. The van der Waals surface area contributed by atoms with Crippen molar-refractivity contribution in [2.75, 3.05) is 11.9 Å². The van der Waals surface area contributed by atoms with Crippen LogP contribution in [-0.2, 0) is 18.3 Å². The second-order valence-corrected chi connectivity index (χ2v) is 6.70. The zero-order valence-corrected chi connectivity index (χ0v) is 15.3. The van der Waals surface area contributed by atoms with Crippen molar-refractivity contribution in [2.45, 2.75) is 12.5 Å². The quantitative estimate of drug-likeness (QED) is 0.762. The zero-order valence-electron chi connectivity index (χ0n) is 15.3. The summed E-state index contributed by atoms with van der Waals surface area (Å²) in [5.74, 6) is -0.961. The standard InChI is InChI=1S/C21H19FN4O2/c1-25-13-23-17-11-12-26(21(28)14-5-3-2-4-6-14)19(18(17)25)20(27)24-16-9-7-15(22)8-10-16/h2-10,13,19H,11-12H2,1H3,(H,24,27)/t19-/m1/s1. The molecule has 4 rings (SSSR count). The van der Waals surface area contributed by atoms with Gasteiger partial charge in [0.05, 0.1) is 17.7 Å². The third-order valence-corrected chi connectivity index (χ3v) is 4.86. The Hall–Kier alpha value is -3.48. The van der Waals surface area contributed by atoms with E-state index in [9.17, 15) is 14.0 Å². The number of halogens is 1. The van der Waals surface area contributed by atoms with Crippen LogP contribution in [0.3, 0.4) is 0 Å². The Morgan fingerprint density at radius 3 is 2.54 bits per heavy atom. The molecule has 1 aliphatic heterocycles. The molecular weight excluding hydrogens is 359 g/mol. The fraction of sp³-hybridized carbons (Fsp3) is 0.190. The molecule has 0 saturated carbocycles. The highest BCUT2D eigenvalue weighted by Gasteiger charge is 2.39. The molecular formula is C21H19FN4O2. The zero-order chi connectivity index (χ0) is 19.7. The maximum absolute atomic E-state index is 13.2. The summed E-state index contributed by atoms with van der Waals surface area (Å²) in [4.78, 5) is 32.2. The Labute approximate surface area is 161 Å². The summed E-state index contributed by atoms with van der Waals surface area (Å²) in [5.41, 5.74) is 2.48. The molecule has 0 saturated heterocycles. The maximum Gasteiger partial charge on any atom is 0.254 e. The van der Waals surface area contributed by atoms with Crippen LogP contribution in [0, 0.1) is 5.82 Å². The first kappa shape index (κ1) is 17.9. The van der Waals surface area contributed by atoms with Gasteiger partial charge >= 0.3 is 0 Å². The molecule has 6 nitrogen and oxygen atoms in total. The Morgan fingerprint density at radius 2 is 1.82 bits per heavy atom. The number of carbonyl (C=O) groups excluding carboxylic acids is 2. The molecule has 28 heavy (non-hydrogen) atoms.